The van der Waals surface area contributed by atoms with E-state index in [9.17, 15) is 4.79 Å². The molecular formula is C9H15BrO3. The standard InChI is InChI=1S/C9H15BrO3/c1-7(2)9(11)13-5-4-12-8(3)6-10/h8H,1,4-6H2,2-3H3. The number of ether oxygens (including phenoxy) is 2. The lowest BCUT2D eigenvalue weighted by atomic mass is 10.4. The normalized spacial score (nSPS) is 12.2. The van der Waals surface area contributed by atoms with Crippen LogP contribution in [0.3, 0.4) is 0 Å². The van der Waals surface area contributed by atoms with Gasteiger partial charge in [-0.2, -0.15) is 0 Å². The van der Waals surface area contributed by atoms with Gasteiger partial charge >= 0.3 is 5.97 Å². The van der Waals surface area contributed by atoms with Gasteiger partial charge in [-0.25, -0.2) is 4.79 Å². The number of rotatable bonds is 6. The van der Waals surface area contributed by atoms with Gasteiger partial charge in [0.2, 0.25) is 0 Å². The van der Waals surface area contributed by atoms with Gasteiger partial charge in [-0.3, -0.25) is 0 Å². The molecule has 0 aliphatic rings. The maximum Gasteiger partial charge on any atom is 0.333 e. The van der Waals surface area contributed by atoms with Crippen molar-refractivity contribution in [2.24, 2.45) is 0 Å². The Labute approximate surface area is 87.2 Å². The lowest BCUT2D eigenvalue weighted by molar-refractivity contribution is -0.140. The first-order valence-electron chi connectivity index (χ1n) is 4.08. The van der Waals surface area contributed by atoms with Crippen LogP contribution in [0.5, 0.6) is 0 Å². The first-order valence-corrected chi connectivity index (χ1v) is 5.20. The van der Waals surface area contributed by atoms with Crippen LogP contribution in [0.4, 0.5) is 0 Å². The van der Waals surface area contributed by atoms with Crippen LogP contribution in [0.1, 0.15) is 13.8 Å². The summed E-state index contributed by atoms with van der Waals surface area (Å²) in [6, 6.07) is 0. The van der Waals surface area contributed by atoms with Crippen molar-refractivity contribution in [2.75, 3.05) is 18.5 Å². The number of hydrogen-bond donors (Lipinski definition) is 0. The van der Waals surface area contributed by atoms with Gasteiger partial charge < -0.3 is 9.47 Å². The first kappa shape index (κ1) is 12.7. The van der Waals surface area contributed by atoms with E-state index in [0.29, 0.717) is 12.2 Å². The summed E-state index contributed by atoms with van der Waals surface area (Å²) in [5, 5.41) is 0.779. The predicted octanol–water partition coefficient (Wildman–Crippen LogP) is 1.91. The second-order valence-corrected chi connectivity index (χ2v) is 3.40. The van der Waals surface area contributed by atoms with Crippen molar-refractivity contribution in [3.05, 3.63) is 12.2 Å². The molecule has 0 aromatic carbocycles. The third-order valence-corrected chi connectivity index (χ3v) is 2.20. The molecule has 0 aliphatic carbocycles. The zero-order valence-corrected chi connectivity index (χ0v) is 9.59. The molecule has 76 valence electrons. The van der Waals surface area contributed by atoms with E-state index >= 15 is 0 Å². The van der Waals surface area contributed by atoms with Crippen LogP contribution in [0, 0.1) is 0 Å². The number of hydrogen-bond acceptors (Lipinski definition) is 3. The van der Waals surface area contributed by atoms with E-state index in [-0.39, 0.29) is 18.7 Å². The minimum absolute atomic E-state index is 0.142. The van der Waals surface area contributed by atoms with E-state index in [4.69, 9.17) is 9.47 Å². The van der Waals surface area contributed by atoms with Crippen LogP contribution in [-0.4, -0.2) is 30.6 Å². The molecule has 0 fully saturated rings. The number of carbonyl (C=O) groups excluding carboxylic acids is 1. The predicted molar refractivity (Wildman–Crippen MR) is 55.0 cm³/mol. The molecule has 0 radical (unpaired) electrons. The topological polar surface area (TPSA) is 35.5 Å². The second-order valence-electron chi connectivity index (χ2n) is 2.75. The maximum atomic E-state index is 10.9. The molecule has 0 aliphatic heterocycles. The van der Waals surface area contributed by atoms with Crippen LogP contribution in [0.25, 0.3) is 0 Å². The van der Waals surface area contributed by atoms with E-state index in [1.54, 1.807) is 6.92 Å². The van der Waals surface area contributed by atoms with E-state index < -0.39 is 0 Å². The van der Waals surface area contributed by atoms with E-state index in [2.05, 4.69) is 22.5 Å². The second kappa shape index (κ2) is 7.09. The summed E-state index contributed by atoms with van der Waals surface area (Å²) < 4.78 is 10.1. The van der Waals surface area contributed by atoms with E-state index in [0.717, 1.165) is 5.33 Å². The number of alkyl halides is 1. The molecule has 1 unspecified atom stereocenters. The van der Waals surface area contributed by atoms with Gasteiger partial charge in [0.1, 0.15) is 6.61 Å². The van der Waals surface area contributed by atoms with Crippen molar-refractivity contribution in [3.8, 4) is 0 Å². The molecule has 0 heterocycles. The molecule has 0 amide bonds. The molecule has 0 saturated carbocycles. The van der Waals surface area contributed by atoms with Crippen LogP contribution >= 0.6 is 15.9 Å². The van der Waals surface area contributed by atoms with E-state index in [1.807, 2.05) is 6.92 Å². The zero-order chi connectivity index (χ0) is 10.3. The quantitative estimate of drug-likeness (QED) is 0.313. The highest BCUT2D eigenvalue weighted by atomic mass is 79.9. The maximum absolute atomic E-state index is 10.9. The summed E-state index contributed by atoms with van der Waals surface area (Å²) in [4.78, 5) is 10.9. The Hall–Kier alpha value is -0.350. The van der Waals surface area contributed by atoms with Crippen molar-refractivity contribution >= 4 is 21.9 Å². The summed E-state index contributed by atoms with van der Waals surface area (Å²) in [5.74, 6) is -0.366. The van der Waals surface area contributed by atoms with Crippen molar-refractivity contribution in [1.29, 1.82) is 0 Å². The Bertz CT molecular complexity index is 180. The molecule has 3 nitrogen and oxygen atoms in total. The Morgan fingerprint density at radius 3 is 2.62 bits per heavy atom. The van der Waals surface area contributed by atoms with Gasteiger partial charge in [0.05, 0.1) is 12.7 Å². The lowest BCUT2D eigenvalue weighted by Gasteiger charge is -2.09. The lowest BCUT2D eigenvalue weighted by Crippen LogP contribution is -2.16. The molecule has 13 heavy (non-hydrogen) atoms. The number of carbonyl (C=O) groups is 1. The average molecular weight is 251 g/mol. The third kappa shape index (κ3) is 6.78. The van der Waals surface area contributed by atoms with E-state index in [1.165, 1.54) is 0 Å². The molecular weight excluding hydrogens is 236 g/mol. The molecule has 0 bridgehead atoms. The zero-order valence-electron chi connectivity index (χ0n) is 8.01. The minimum atomic E-state index is -0.366. The fraction of sp³-hybridized carbons (Fsp3) is 0.667. The van der Waals surface area contributed by atoms with Crippen LogP contribution < -0.4 is 0 Å². The first-order chi connectivity index (χ1) is 6.07. The molecule has 0 aromatic heterocycles. The highest BCUT2D eigenvalue weighted by molar-refractivity contribution is 9.09. The third-order valence-electron chi connectivity index (χ3n) is 1.28. The highest BCUT2D eigenvalue weighted by Crippen LogP contribution is 1.96. The average Bonchev–Trinajstić information content (AvgIpc) is 2.11. The van der Waals surface area contributed by atoms with Crippen LogP contribution in [-0.2, 0) is 14.3 Å². The molecule has 4 heteroatoms. The minimum Gasteiger partial charge on any atom is -0.460 e. The highest BCUT2D eigenvalue weighted by Gasteiger charge is 2.03. The Balaban J connectivity index is 3.36. The fourth-order valence-electron chi connectivity index (χ4n) is 0.551. The summed E-state index contributed by atoms with van der Waals surface area (Å²) >= 11 is 3.27. The summed E-state index contributed by atoms with van der Waals surface area (Å²) in [6.07, 6.45) is 0.142. The van der Waals surface area contributed by atoms with Gasteiger partial charge in [0.15, 0.2) is 0 Å². The van der Waals surface area contributed by atoms with Crippen LogP contribution in [0.15, 0.2) is 12.2 Å². The molecule has 0 aromatic rings. The van der Waals surface area contributed by atoms with Gasteiger partial charge in [0, 0.05) is 10.9 Å². The van der Waals surface area contributed by atoms with Crippen molar-refractivity contribution in [3.63, 3.8) is 0 Å². The SMILES string of the molecule is C=C(C)C(=O)OCCOC(C)CBr. The summed E-state index contributed by atoms with van der Waals surface area (Å²) in [7, 11) is 0. The number of halogens is 1. The molecule has 0 rings (SSSR count). The summed E-state index contributed by atoms with van der Waals surface area (Å²) in [6.45, 7) is 7.72. The van der Waals surface area contributed by atoms with Gasteiger partial charge in [-0.05, 0) is 13.8 Å². The van der Waals surface area contributed by atoms with Gasteiger partial charge in [-0.1, -0.05) is 22.5 Å². The van der Waals surface area contributed by atoms with Gasteiger partial charge in [-0.15, -0.1) is 0 Å². The van der Waals surface area contributed by atoms with Crippen molar-refractivity contribution < 1.29 is 14.3 Å². The Morgan fingerprint density at radius 2 is 2.15 bits per heavy atom. The smallest absolute Gasteiger partial charge is 0.333 e. The van der Waals surface area contributed by atoms with Crippen molar-refractivity contribution in [1.82, 2.24) is 0 Å². The Morgan fingerprint density at radius 1 is 1.54 bits per heavy atom. The number of esters is 1. The van der Waals surface area contributed by atoms with Gasteiger partial charge in [0.25, 0.3) is 0 Å². The largest absolute Gasteiger partial charge is 0.460 e. The molecule has 0 saturated heterocycles. The van der Waals surface area contributed by atoms with Crippen LogP contribution in [0.2, 0.25) is 0 Å². The fourth-order valence-corrected chi connectivity index (χ4v) is 0.738. The molecule has 0 spiro atoms. The molecule has 1 atom stereocenters. The monoisotopic (exact) mass is 250 g/mol. The van der Waals surface area contributed by atoms with Crippen molar-refractivity contribution in [2.45, 2.75) is 20.0 Å². The molecule has 0 N–H and O–H groups in total. The summed E-state index contributed by atoms with van der Waals surface area (Å²) in [5.41, 5.74) is 0.411. The Kier molecular flexibility index (Phi) is 6.90.